The Morgan fingerprint density at radius 2 is 1.92 bits per heavy atom. The zero-order valence-electron chi connectivity index (χ0n) is 9.26. The maximum absolute atomic E-state index is 10.1. The van der Waals surface area contributed by atoms with Gasteiger partial charge >= 0.3 is 5.97 Å². The normalized spacial score (nSPS) is 19.2. The molecule has 0 radical (unpaired) electrons. The van der Waals surface area contributed by atoms with Crippen molar-refractivity contribution in [3.8, 4) is 0 Å². The van der Waals surface area contributed by atoms with Crippen molar-refractivity contribution in [2.24, 2.45) is 0 Å². The van der Waals surface area contributed by atoms with Crippen molar-refractivity contribution in [1.82, 2.24) is 5.32 Å². The van der Waals surface area contributed by atoms with E-state index in [2.05, 4.69) is 19.2 Å². The topological polar surface area (TPSA) is 49.3 Å². The summed E-state index contributed by atoms with van der Waals surface area (Å²) < 4.78 is 0. The summed E-state index contributed by atoms with van der Waals surface area (Å²) in [5.74, 6) is -0.720. The number of rotatable bonds is 1. The van der Waals surface area contributed by atoms with Crippen LogP contribution in [0.25, 0.3) is 0 Å². The molecule has 0 aromatic carbocycles. The first kappa shape index (κ1) is 14.9. The highest BCUT2D eigenvalue weighted by atomic mass is 16.4. The van der Waals surface area contributed by atoms with E-state index >= 15 is 0 Å². The van der Waals surface area contributed by atoms with Crippen molar-refractivity contribution in [3.63, 3.8) is 0 Å². The number of aliphatic carboxylic acids is 1. The molecule has 0 spiro atoms. The van der Waals surface area contributed by atoms with Gasteiger partial charge in [-0.25, -0.2) is 0 Å². The number of carboxylic acids is 1. The van der Waals surface area contributed by atoms with Gasteiger partial charge in [-0.3, -0.25) is 4.79 Å². The monoisotopic (exact) mass is 189 g/mol. The van der Waals surface area contributed by atoms with Gasteiger partial charge < -0.3 is 10.4 Å². The van der Waals surface area contributed by atoms with Gasteiger partial charge in [0.25, 0.3) is 0 Å². The number of hydrogen-bond acceptors (Lipinski definition) is 2. The fourth-order valence-corrected chi connectivity index (χ4v) is 0.895. The van der Waals surface area contributed by atoms with Crippen LogP contribution < -0.4 is 5.32 Å². The SMILES string of the molecule is CC.CCC.O=C(O)[C@@H]1CCCN1. The van der Waals surface area contributed by atoms with Crippen LogP contribution in [0.1, 0.15) is 47.0 Å². The lowest BCUT2D eigenvalue weighted by atomic mass is 10.2. The predicted octanol–water partition coefficient (Wildman–Crippen LogP) is 2.27. The molecule has 1 aliphatic heterocycles. The van der Waals surface area contributed by atoms with Crippen LogP contribution in [0.5, 0.6) is 0 Å². The average Bonchev–Trinajstić information content (AvgIpc) is 2.61. The Morgan fingerprint density at radius 3 is 2.08 bits per heavy atom. The standard InChI is InChI=1S/C5H9NO2.C3H8.C2H6/c7-5(8)4-2-1-3-6-4;1-3-2;1-2/h4,6H,1-3H2,(H,7,8);3H2,1-2H3;1-2H3/t4-;;/m0../s1. The molecule has 0 bridgehead atoms. The zero-order valence-corrected chi connectivity index (χ0v) is 9.26. The molecule has 3 heteroatoms. The van der Waals surface area contributed by atoms with Crippen molar-refractivity contribution < 1.29 is 9.90 Å². The molecule has 0 amide bonds. The number of hydrogen-bond donors (Lipinski definition) is 2. The molecule has 0 aromatic heterocycles. The summed E-state index contributed by atoms with van der Waals surface area (Å²) >= 11 is 0. The van der Waals surface area contributed by atoms with E-state index in [0.717, 1.165) is 19.4 Å². The Kier molecular flexibility index (Phi) is 13.1. The highest BCUT2D eigenvalue weighted by Gasteiger charge is 2.20. The third kappa shape index (κ3) is 9.34. The molecule has 1 rings (SSSR count). The molecule has 2 N–H and O–H groups in total. The molecule has 0 aromatic rings. The van der Waals surface area contributed by atoms with Gasteiger partial charge in [-0.2, -0.15) is 0 Å². The average molecular weight is 189 g/mol. The van der Waals surface area contributed by atoms with Gasteiger partial charge in [-0.1, -0.05) is 34.1 Å². The second-order valence-corrected chi connectivity index (χ2v) is 2.69. The van der Waals surface area contributed by atoms with Gasteiger partial charge in [0, 0.05) is 0 Å². The predicted molar refractivity (Wildman–Crippen MR) is 56.0 cm³/mol. The third-order valence-electron chi connectivity index (χ3n) is 1.36. The molecule has 0 aliphatic carbocycles. The van der Waals surface area contributed by atoms with Crippen LogP contribution in [0.2, 0.25) is 0 Å². The summed E-state index contributed by atoms with van der Waals surface area (Å²) in [6.45, 7) is 9.11. The minimum Gasteiger partial charge on any atom is -0.480 e. The molecule has 1 heterocycles. The van der Waals surface area contributed by atoms with Crippen molar-refractivity contribution in [1.29, 1.82) is 0 Å². The molecule has 1 fully saturated rings. The fraction of sp³-hybridized carbons (Fsp3) is 0.900. The van der Waals surface area contributed by atoms with E-state index in [0.29, 0.717) is 0 Å². The highest BCUT2D eigenvalue weighted by Crippen LogP contribution is 2.03. The first-order valence-electron chi connectivity index (χ1n) is 5.18. The molecule has 3 nitrogen and oxygen atoms in total. The summed E-state index contributed by atoms with van der Waals surface area (Å²) in [7, 11) is 0. The second-order valence-electron chi connectivity index (χ2n) is 2.69. The molecule has 1 aliphatic rings. The van der Waals surface area contributed by atoms with E-state index in [1.165, 1.54) is 6.42 Å². The molecule has 1 atom stereocenters. The number of nitrogens with one attached hydrogen (secondary N) is 1. The van der Waals surface area contributed by atoms with E-state index in [4.69, 9.17) is 5.11 Å². The largest absolute Gasteiger partial charge is 0.480 e. The molecular weight excluding hydrogens is 166 g/mol. The van der Waals surface area contributed by atoms with Gasteiger partial charge in [-0.15, -0.1) is 0 Å². The quantitative estimate of drug-likeness (QED) is 0.665. The molecular formula is C10H23NO2. The molecule has 0 unspecified atom stereocenters. The van der Waals surface area contributed by atoms with Gasteiger partial charge in [0.2, 0.25) is 0 Å². The van der Waals surface area contributed by atoms with E-state index in [-0.39, 0.29) is 6.04 Å². The van der Waals surface area contributed by atoms with E-state index in [9.17, 15) is 4.79 Å². The van der Waals surface area contributed by atoms with Crippen molar-refractivity contribution in [3.05, 3.63) is 0 Å². The smallest absolute Gasteiger partial charge is 0.320 e. The van der Waals surface area contributed by atoms with Gasteiger partial charge in [0.05, 0.1) is 0 Å². The van der Waals surface area contributed by atoms with Crippen LogP contribution >= 0.6 is 0 Å². The number of carbonyl (C=O) groups is 1. The molecule has 13 heavy (non-hydrogen) atoms. The summed E-state index contributed by atoms with van der Waals surface area (Å²) in [4.78, 5) is 10.1. The lowest BCUT2D eigenvalue weighted by Gasteiger charge is -1.99. The van der Waals surface area contributed by atoms with Crippen LogP contribution in [0, 0.1) is 0 Å². The Morgan fingerprint density at radius 1 is 1.46 bits per heavy atom. The van der Waals surface area contributed by atoms with Crippen molar-refractivity contribution in [2.45, 2.75) is 53.0 Å². The third-order valence-corrected chi connectivity index (χ3v) is 1.36. The molecule has 1 saturated heterocycles. The Labute approximate surface area is 81.5 Å². The first-order chi connectivity index (χ1) is 6.22. The second kappa shape index (κ2) is 11.4. The molecule has 0 saturated carbocycles. The van der Waals surface area contributed by atoms with Crippen LogP contribution in [-0.4, -0.2) is 23.7 Å². The van der Waals surface area contributed by atoms with Crippen LogP contribution in [-0.2, 0) is 4.79 Å². The lowest BCUT2D eigenvalue weighted by molar-refractivity contribution is -0.139. The fourth-order valence-electron chi connectivity index (χ4n) is 0.895. The summed E-state index contributed by atoms with van der Waals surface area (Å²) in [5.41, 5.74) is 0. The maximum atomic E-state index is 10.1. The Bertz CT molecular complexity index is 109. The number of carboxylic acid groups (broad SMARTS) is 1. The van der Waals surface area contributed by atoms with Gasteiger partial charge in [0.15, 0.2) is 0 Å². The lowest BCUT2D eigenvalue weighted by Crippen LogP contribution is -2.29. The first-order valence-corrected chi connectivity index (χ1v) is 5.18. The van der Waals surface area contributed by atoms with E-state index < -0.39 is 5.97 Å². The zero-order chi connectivity index (χ0) is 10.7. The summed E-state index contributed by atoms with van der Waals surface area (Å²) in [5, 5.41) is 11.2. The van der Waals surface area contributed by atoms with Gasteiger partial charge in [0.1, 0.15) is 6.04 Å². The minimum atomic E-state index is -0.720. The molecule has 80 valence electrons. The van der Waals surface area contributed by atoms with E-state index in [1.807, 2.05) is 13.8 Å². The van der Waals surface area contributed by atoms with E-state index in [1.54, 1.807) is 0 Å². The highest BCUT2D eigenvalue weighted by molar-refractivity contribution is 5.73. The Balaban J connectivity index is 0. The van der Waals surface area contributed by atoms with Crippen molar-refractivity contribution >= 4 is 5.97 Å². The van der Waals surface area contributed by atoms with Gasteiger partial charge in [-0.05, 0) is 19.4 Å². The summed E-state index contributed by atoms with van der Waals surface area (Å²) in [6.07, 6.45) is 3.03. The Hall–Kier alpha value is -0.570. The van der Waals surface area contributed by atoms with Crippen molar-refractivity contribution in [2.75, 3.05) is 6.54 Å². The maximum Gasteiger partial charge on any atom is 0.320 e. The summed E-state index contributed by atoms with van der Waals surface area (Å²) in [6, 6.07) is -0.269. The van der Waals surface area contributed by atoms with Crippen LogP contribution in [0.3, 0.4) is 0 Å². The van der Waals surface area contributed by atoms with Crippen LogP contribution in [0.15, 0.2) is 0 Å². The minimum absolute atomic E-state index is 0.269. The van der Waals surface area contributed by atoms with Crippen LogP contribution in [0.4, 0.5) is 0 Å².